The monoisotopic (exact) mass is 300 g/mol. The molecule has 0 bridgehead atoms. The number of halogens is 3. The number of ether oxygens (including phenoxy) is 1. The number of nitrogens with one attached hydrogen (secondary N) is 2. The van der Waals surface area contributed by atoms with E-state index in [1.54, 1.807) is 6.20 Å². The minimum absolute atomic E-state index is 0.130. The van der Waals surface area contributed by atoms with Crippen molar-refractivity contribution < 1.29 is 22.7 Å². The van der Waals surface area contributed by atoms with Crippen molar-refractivity contribution in [1.82, 2.24) is 15.5 Å². The van der Waals surface area contributed by atoms with Crippen molar-refractivity contribution in [3.05, 3.63) is 41.7 Å². The number of carbonyl (C=O) groups excluding carboxylic acids is 1. The molecule has 0 fully saturated rings. The average molecular weight is 300 g/mol. The molecule has 1 amide bonds. The maximum atomic E-state index is 12.1. The molecule has 9 heteroatoms. The van der Waals surface area contributed by atoms with Gasteiger partial charge >= 0.3 is 6.36 Å². The second-order valence-corrected chi connectivity index (χ2v) is 4.09. The minimum Gasteiger partial charge on any atom is -0.404 e. The summed E-state index contributed by atoms with van der Waals surface area (Å²) < 4.78 is 40.0. The third-order valence-electron chi connectivity index (χ3n) is 2.51. The highest BCUT2D eigenvalue weighted by molar-refractivity contribution is 5.95. The van der Waals surface area contributed by atoms with E-state index in [2.05, 4.69) is 20.3 Å². The third kappa shape index (κ3) is 4.13. The Morgan fingerprint density at radius 1 is 1.43 bits per heavy atom. The Labute approximate surface area is 117 Å². The molecule has 0 aliphatic rings. The molecular weight excluding hydrogens is 289 g/mol. The van der Waals surface area contributed by atoms with Gasteiger partial charge in [-0.3, -0.25) is 9.89 Å². The number of amides is 1. The first-order valence-electron chi connectivity index (χ1n) is 5.76. The van der Waals surface area contributed by atoms with E-state index in [1.807, 2.05) is 0 Å². The second-order valence-electron chi connectivity index (χ2n) is 4.09. The zero-order chi connectivity index (χ0) is 15.5. The number of rotatable bonds is 4. The van der Waals surface area contributed by atoms with Crippen LogP contribution in [0.5, 0.6) is 5.75 Å². The minimum atomic E-state index is -4.83. The van der Waals surface area contributed by atoms with Crippen molar-refractivity contribution in [3.63, 3.8) is 0 Å². The average Bonchev–Trinajstić information content (AvgIpc) is 2.90. The normalized spacial score (nSPS) is 11.2. The van der Waals surface area contributed by atoms with Gasteiger partial charge in [0, 0.05) is 23.9 Å². The summed E-state index contributed by atoms with van der Waals surface area (Å²) in [5.74, 6) is -1.02. The van der Waals surface area contributed by atoms with Crippen LogP contribution in [-0.2, 0) is 6.54 Å². The predicted molar refractivity (Wildman–Crippen MR) is 67.3 cm³/mol. The van der Waals surface area contributed by atoms with Gasteiger partial charge in [-0.15, -0.1) is 13.2 Å². The Morgan fingerprint density at radius 2 is 2.19 bits per heavy atom. The van der Waals surface area contributed by atoms with Gasteiger partial charge in [0.05, 0.1) is 11.9 Å². The number of nitrogens with two attached hydrogens (primary N) is 1. The van der Waals surface area contributed by atoms with E-state index >= 15 is 0 Å². The molecule has 0 unspecified atom stereocenters. The number of hydrogen-bond donors (Lipinski definition) is 3. The van der Waals surface area contributed by atoms with Gasteiger partial charge in [0.25, 0.3) is 5.91 Å². The first-order chi connectivity index (χ1) is 9.85. The maximum Gasteiger partial charge on any atom is 0.573 e. The third-order valence-corrected chi connectivity index (χ3v) is 2.51. The molecule has 1 aromatic carbocycles. The quantitative estimate of drug-likeness (QED) is 0.751. The molecule has 0 saturated carbocycles. The van der Waals surface area contributed by atoms with E-state index in [9.17, 15) is 18.0 Å². The number of alkyl halides is 3. The summed E-state index contributed by atoms with van der Waals surface area (Å²) >= 11 is 0. The number of anilines is 1. The first-order valence-corrected chi connectivity index (χ1v) is 5.76. The van der Waals surface area contributed by atoms with Crippen molar-refractivity contribution in [1.29, 1.82) is 0 Å². The number of benzene rings is 1. The van der Waals surface area contributed by atoms with Crippen molar-refractivity contribution >= 4 is 11.6 Å². The molecule has 1 aromatic heterocycles. The van der Waals surface area contributed by atoms with Crippen LogP contribution in [-0.4, -0.2) is 22.5 Å². The highest BCUT2D eigenvalue weighted by Crippen LogP contribution is 2.28. The number of nitrogen functional groups attached to an aromatic ring is 1. The Morgan fingerprint density at radius 3 is 2.76 bits per heavy atom. The van der Waals surface area contributed by atoms with Crippen LogP contribution in [0.4, 0.5) is 18.9 Å². The van der Waals surface area contributed by atoms with Crippen molar-refractivity contribution in [2.24, 2.45) is 0 Å². The molecule has 0 saturated heterocycles. The van der Waals surface area contributed by atoms with E-state index in [0.717, 1.165) is 17.7 Å². The van der Waals surface area contributed by atoms with Crippen LogP contribution < -0.4 is 15.8 Å². The topological polar surface area (TPSA) is 93.0 Å². The fourth-order valence-corrected chi connectivity index (χ4v) is 1.57. The summed E-state index contributed by atoms with van der Waals surface area (Å²) in [4.78, 5) is 11.8. The fourth-order valence-electron chi connectivity index (χ4n) is 1.57. The van der Waals surface area contributed by atoms with Crippen LogP contribution in [0.2, 0.25) is 0 Å². The Kier molecular flexibility index (Phi) is 4.01. The summed E-state index contributed by atoms with van der Waals surface area (Å²) in [6.45, 7) is 0.232. The van der Waals surface area contributed by atoms with Crippen LogP contribution in [0.15, 0.2) is 30.6 Å². The SMILES string of the molecule is Nc1cc(C(=O)NCc2cn[nH]c2)ccc1OC(F)(F)F. The fraction of sp³-hybridized carbons (Fsp3) is 0.167. The van der Waals surface area contributed by atoms with Crippen molar-refractivity contribution in [3.8, 4) is 5.75 Å². The molecule has 112 valence electrons. The van der Waals surface area contributed by atoms with Gasteiger partial charge in [0.2, 0.25) is 0 Å². The van der Waals surface area contributed by atoms with Crippen molar-refractivity contribution in [2.75, 3.05) is 5.73 Å². The molecule has 4 N–H and O–H groups in total. The lowest BCUT2D eigenvalue weighted by Crippen LogP contribution is -2.23. The van der Waals surface area contributed by atoms with E-state index in [0.29, 0.717) is 0 Å². The van der Waals surface area contributed by atoms with E-state index in [1.165, 1.54) is 12.3 Å². The van der Waals surface area contributed by atoms with E-state index in [-0.39, 0.29) is 17.8 Å². The molecule has 0 spiro atoms. The molecule has 0 radical (unpaired) electrons. The maximum absolute atomic E-state index is 12.1. The number of aromatic amines is 1. The van der Waals surface area contributed by atoms with Gasteiger partial charge in [0.15, 0.2) is 5.75 Å². The van der Waals surface area contributed by atoms with Gasteiger partial charge in [0.1, 0.15) is 0 Å². The molecule has 1 heterocycles. The number of H-pyrrole nitrogens is 1. The predicted octanol–water partition coefficient (Wildman–Crippen LogP) is 1.82. The second kappa shape index (κ2) is 5.73. The highest BCUT2D eigenvalue weighted by Gasteiger charge is 2.32. The van der Waals surface area contributed by atoms with E-state index in [4.69, 9.17) is 5.73 Å². The molecular formula is C12H11F3N4O2. The first kappa shape index (κ1) is 14.7. The Hall–Kier alpha value is -2.71. The summed E-state index contributed by atoms with van der Waals surface area (Å²) in [6, 6.07) is 3.31. The van der Waals surface area contributed by atoms with Gasteiger partial charge in [-0.2, -0.15) is 5.10 Å². The van der Waals surface area contributed by atoms with Crippen LogP contribution in [0.3, 0.4) is 0 Å². The van der Waals surface area contributed by atoms with E-state index < -0.39 is 18.0 Å². The van der Waals surface area contributed by atoms with Gasteiger partial charge in [-0.1, -0.05) is 0 Å². The molecule has 2 rings (SSSR count). The van der Waals surface area contributed by atoms with Crippen molar-refractivity contribution in [2.45, 2.75) is 12.9 Å². The largest absolute Gasteiger partial charge is 0.573 e. The summed E-state index contributed by atoms with van der Waals surface area (Å²) in [7, 11) is 0. The summed E-state index contributed by atoms with van der Waals surface area (Å²) in [5.41, 5.74) is 6.05. The molecule has 2 aromatic rings. The lowest BCUT2D eigenvalue weighted by atomic mass is 10.1. The smallest absolute Gasteiger partial charge is 0.404 e. The number of hydrogen-bond acceptors (Lipinski definition) is 4. The number of aromatic nitrogens is 2. The lowest BCUT2D eigenvalue weighted by molar-refractivity contribution is -0.274. The van der Waals surface area contributed by atoms with Crippen LogP contribution in [0, 0.1) is 0 Å². The zero-order valence-electron chi connectivity index (χ0n) is 10.6. The summed E-state index contributed by atoms with van der Waals surface area (Å²) in [5, 5.41) is 8.88. The molecule has 0 aliphatic carbocycles. The van der Waals surface area contributed by atoms with Gasteiger partial charge in [-0.05, 0) is 18.2 Å². The lowest BCUT2D eigenvalue weighted by Gasteiger charge is -2.12. The van der Waals surface area contributed by atoms with Crippen LogP contribution in [0.25, 0.3) is 0 Å². The Bertz CT molecular complexity index is 626. The summed E-state index contributed by atoms with van der Waals surface area (Å²) in [6.07, 6.45) is -1.69. The molecule has 0 atom stereocenters. The molecule has 0 aliphatic heterocycles. The molecule has 6 nitrogen and oxygen atoms in total. The van der Waals surface area contributed by atoms with Gasteiger partial charge < -0.3 is 15.8 Å². The number of carbonyl (C=O) groups is 1. The number of nitrogens with zero attached hydrogens (tertiary/aromatic N) is 1. The zero-order valence-corrected chi connectivity index (χ0v) is 10.6. The van der Waals surface area contributed by atoms with Crippen LogP contribution in [0.1, 0.15) is 15.9 Å². The Balaban J connectivity index is 2.03. The standard InChI is InChI=1S/C12H11F3N4O2/c13-12(14,15)21-10-2-1-8(3-9(10)16)11(20)17-4-7-5-18-19-6-7/h1-3,5-6H,4,16H2,(H,17,20)(H,18,19). The highest BCUT2D eigenvalue weighted by atomic mass is 19.4. The van der Waals surface area contributed by atoms with Crippen LogP contribution >= 0.6 is 0 Å². The van der Waals surface area contributed by atoms with Gasteiger partial charge in [-0.25, -0.2) is 0 Å². The molecule has 21 heavy (non-hydrogen) atoms.